The molecule has 0 radical (unpaired) electrons. The third-order valence-corrected chi connectivity index (χ3v) is 3.63. The molecule has 3 N–H and O–H groups in total. The van der Waals surface area contributed by atoms with Crippen molar-refractivity contribution in [3.05, 3.63) is 35.4 Å². The Morgan fingerprint density at radius 1 is 1.24 bits per heavy atom. The maximum atomic E-state index is 7.46. The molecule has 0 amide bonds. The summed E-state index contributed by atoms with van der Waals surface area (Å²) in [6, 6.07) is 8.05. The van der Waals surface area contributed by atoms with Crippen molar-refractivity contribution in [2.24, 2.45) is 17.6 Å². The highest BCUT2D eigenvalue weighted by Crippen LogP contribution is 2.27. The van der Waals surface area contributed by atoms with Gasteiger partial charge in [-0.1, -0.05) is 45.9 Å². The van der Waals surface area contributed by atoms with Crippen LogP contribution in [0.25, 0.3) is 0 Å². The monoisotopic (exact) mass is 232 g/mol. The van der Waals surface area contributed by atoms with E-state index < -0.39 is 0 Å². The van der Waals surface area contributed by atoms with Crippen LogP contribution in [0.3, 0.4) is 0 Å². The highest BCUT2D eigenvalue weighted by Gasteiger charge is 2.14. The highest BCUT2D eigenvalue weighted by atomic mass is 14.7. The van der Waals surface area contributed by atoms with Crippen LogP contribution in [0.15, 0.2) is 24.3 Å². The fraction of sp³-hybridized carbons (Fsp3) is 0.533. The van der Waals surface area contributed by atoms with E-state index in [9.17, 15) is 0 Å². The molecule has 0 aliphatic carbocycles. The lowest BCUT2D eigenvalue weighted by Crippen LogP contribution is -2.12. The topological polar surface area (TPSA) is 49.9 Å². The van der Waals surface area contributed by atoms with E-state index in [-0.39, 0.29) is 5.84 Å². The van der Waals surface area contributed by atoms with E-state index in [4.69, 9.17) is 11.1 Å². The first-order valence-corrected chi connectivity index (χ1v) is 6.36. The first kappa shape index (κ1) is 13.8. The van der Waals surface area contributed by atoms with Gasteiger partial charge in [0.1, 0.15) is 5.84 Å². The normalized spacial score (nSPS) is 14.6. The van der Waals surface area contributed by atoms with E-state index in [1.54, 1.807) is 0 Å². The van der Waals surface area contributed by atoms with Gasteiger partial charge in [-0.3, -0.25) is 5.41 Å². The smallest absolute Gasteiger partial charge is 0.122 e. The number of nitrogen functional groups attached to an aromatic ring is 1. The van der Waals surface area contributed by atoms with Crippen molar-refractivity contribution >= 4 is 5.84 Å². The second-order valence-electron chi connectivity index (χ2n) is 5.40. The highest BCUT2D eigenvalue weighted by molar-refractivity contribution is 5.95. The summed E-state index contributed by atoms with van der Waals surface area (Å²) in [6.45, 7) is 9.08. The largest absolute Gasteiger partial charge is 0.384 e. The molecule has 0 aliphatic rings. The Labute approximate surface area is 105 Å². The Balaban J connectivity index is 2.78. The molecule has 0 aliphatic heterocycles. The SMILES string of the molecule is CC(CC(C)C(C)C)c1cccc(C(=N)N)c1. The van der Waals surface area contributed by atoms with Crippen LogP contribution in [0.1, 0.15) is 51.2 Å². The maximum Gasteiger partial charge on any atom is 0.122 e. The van der Waals surface area contributed by atoms with Crippen LogP contribution in [-0.2, 0) is 0 Å². The molecular formula is C15H24N2. The summed E-state index contributed by atoms with van der Waals surface area (Å²) in [5.74, 6) is 2.10. The number of hydrogen-bond donors (Lipinski definition) is 2. The van der Waals surface area contributed by atoms with Crippen LogP contribution < -0.4 is 5.73 Å². The number of benzene rings is 1. The van der Waals surface area contributed by atoms with Gasteiger partial charge in [-0.25, -0.2) is 0 Å². The molecule has 17 heavy (non-hydrogen) atoms. The summed E-state index contributed by atoms with van der Waals surface area (Å²) in [4.78, 5) is 0. The third-order valence-electron chi connectivity index (χ3n) is 3.63. The molecule has 0 fully saturated rings. The zero-order chi connectivity index (χ0) is 13.0. The van der Waals surface area contributed by atoms with E-state index in [0.717, 1.165) is 5.56 Å². The number of hydrogen-bond acceptors (Lipinski definition) is 1. The van der Waals surface area contributed by atoms with Gasteiger partial charge in [0.25, 0.3) is 0 Å². The minimum Gasteiger partial charge on any atom is -0.384 e. The zero-order valence-electron chi connectivity index (χ0n) is 11.3. The lowest BCUT2D eigenvalue weighted by Gasteiger charge is -2.21. The van der Waals surface area contributed by atoms with Gasteiger partial charge in [0, 0.05) is 5.56 Å². The molecule has 1 aromatic carbocycles. The van der Waals surface area contributed by atoms with Gasteiger partial charge in [-0.15, -0.1) is 0 Å². The van der Waals surface area contributed by atoms with Gasteiger partial charge in [-0.2, -0.15) is 0 Å². The average Bonchev–Trinajstić information content (AvgIpc) is 2.28. The molecule has 2 unspecified atom stereocenters. The molecule has 0 saturated carbocycles. The van der Waals surface area contributed by atoms with Gasteiger partial charge in [0.2, 0.25) is 0 Å². The standard InChI is InChI=1S/C15H24N2/c1-10(2)11(3)8-12(4)13-6-5-7-14(9-13)15(16)17/h5-7,9-12H,8H2,1-4H3,(H3,16,17). The third kappa shape index (κ3) is 3.88. The van der Waals surface area contributed by atoms with E-state index in [2.05, 4.69) is 33.8 Å². The zero-order valence-corrected chi connectivity index (χ0v) is 11.3. The first-order valence-electron chi connectivity index (χ1n) is 6.36. The second-order valence-corrected chi connectivity index (χ2v) is 5.40. The lowest BCUT2D eigenvalue weighted by molar-refractivity contribution is 0.369. The van der Waals surface area contributed by atoms with Gasteiger partial charge < -0.3 is 5.73 Å². The molecule has 94 valence electrons. The number of nitrogens with two attached hydrogens (primary N) is 1. The second kappa shape index (κ2) is 5.85. The van der Waals surface area contributed by atoms with E-state index in [1.807, 2.05) is 18.2 Å². The molecule has 0 bridgehead atoms. The van der Waals surface area contributed by atoms with Crippen LogP contribution in [0.4, 0.5) is 0 Å². The summed E-state index contributed by atoms with van der Waals surface area (Å²) >= 11 is 0. The molecule has 0 saturated heterocycles. The Morgan fingerprint density at radius 2 is 1.88 bits per heavy atom. The molecule has 2 heteroatoms. The van der Waals surface area contributed by atoms with Crippen molar-refractivity contribution in [3.63, 3.8) is 0 Å². The molecular weight excluding hydrogens is 208 g/mol. The van der Waals surface area contributed by atoms with Crippen molar-refractivity contribution < 1.29 is 0 Å². The quantitative estimate of drug-likeness (QED) is 0.589. The van der Waals surface area contributed by atoms with Gasteiger partial charge >= 0.3 is 0 Å². The van der Waals surface area contributed by atoms with Crippen molar-refractivity contribution in [1.29, 1.82) is 5.41 Å². The predicted molar refractivity (Wildman–Crippen MR) is 74.5 cm³/mol. The summed E-state index contributed by atoms with van der Waals surface area (Å²) < 4.78 is 0. The Hall–Kier alpha value is -1.31. The van der Waals surface area contributed by atoms with Crippen molar-refractivity contribution in [1.82, 2.24) is 0 Å². The van der Waals surface area contributed by atoms with Crippen molar-refractivity contribution in [2.45, 2.75) is 40.0 Å². The number of rotatable bonds is 5. The average molecular weight is 232 g/mol. The van der Waals surface area contributed by atoms with Crippen LogP contribution >= 0.6 is 0 Å². The maximum absolute atomic E-state index is 7.46. The van der Waals surface area contributed by atoms with Gasteiger partial charge in [0.05, 0.1) is 0 Å². The van der Waals surface area contributed by atoms with Crippen LogP contribution in [0.5, 0.6) is 0 Å². The molecule has 2 atom stereocenters. The Morgan fingerprint density at radius 3 is 2.41 bits per heavy atom. The minimum atomic E-state index is 0.149. The molecule has 1 rings (SSSR count). The summed E-state index contributed by atoms with van der Waals surface area (Å²) in [5.41, 5.74) is 7.62. The number of amidine groups is 1. The molecule has 1 aromatic rings. The van der Waals surface area contributed by atoms with Crippen LogP contribution in [0.2, 0.25) is 0 Å². The molecule has 0 aromatic heterocycles. The summed E-state index contributed by atoms with van der Waals surface area (Å²) in [7, 11) is 0. The first-order chi connectivity index (χ1) is 7.91. The van der Waals surface area contributed by atoms with Crippen molar-refractivity contribution in [3.8, 4) is 0 Å². The van der Waals surface area contributed by atoms with E-state index >= 15 is 0 Å². The molecule has 2 nitrogen and oxygen atoms in total. The fourth-order valence-corrected chi connectivity index (χ4v) is 1.98. The fourth-order valence-electron chi connectivity index (χ4n) is 1.98. The number of nitrogens with one attached hydrogen (secondary N) is 1. The Bertz CT molecular complexity index is 382. The predicted octanol–water partition coefficient (Wildman–Crippen LogP) is 3.76. The van der Waals surface area contributed by atoms with E-state index in [1.165, 1.54) is 12.0 Å². The lowest BCUT2D eigenvalue weighted by atomic mass is 9.85. The van der Waals surface area contributed by atoms with Crippen LogP contribution in [-0.4, -0.2) is 5.84 Å². The van der Waals surface area contributed by atoms with E-state index in [0.29, 0.717) is 17.8 Å². The Kier molecular flexibility index (Phi) is 4.73. The molecule has 0 heterocycles. The minimum absolute atomic E-state index is 0.149. The summed E-state index contributed by atoms with van der Waals surface area (Å²) in [5, 5.41) is 7.46. The van der Waals surface area contributed by atoms with Crippen molar-refractivity contribution in [2.75, 3.05) is 0 Å². The van der Waals surface area contributed by atoms with Gasteiger partial charge in [-0.05, 0) is 35.8 Å². The summed E-state index contributed by atoms with van der Waals surface area (Å²) in [6.07, 6.45) is 1.18. The molecule has 0 spiro atoms. The van der Waals surface area contributed by atoms with Crippen LogP contribution in [0, 0.1) is 17.2 Å². The van der Waals surface area contributed by atoms with Gasteiger partial charge in [0.15, 0.2) is 0 Å².